The zero-order valence-corrected chi connectivity index (χ0v) is 12.0. The number of imidazole rings is 1. The Kier molecular flexibility index (Phi) is 4.56. The van der Waals surface area contributed by atoms with E-state index in [0.717, 1.165) is 19.6 Å². The summed E-state index contributed by atoms with van der Waals surface area (Å²) in [4.78, 5) is 9.09. The Balaban J connectivity index is 2.05. The Morgan fingerprint density at radius 1 is 1.37 bits per heavy atom. The summed E-state index contributed by atoms with van der Waals surface area (Å²) in [6, 6.07) is 0. The van der Waals surface area contributed by atoms with Gasteiger partial charge in [0.05, 0.1) is 6.20 Å². The molecule has 108 valence electrons. The van der Waals surface area contributed by atoms with Crippen LogP contribution >= 0.6 is 0 Å². The van der Waals surface area contributed by atoms with Gasteiger partial charge in [-0.25, -0.2) is 13.4 Å². The zero-order valence-electron chi connectivity index (χ0n) is 11.2. The molecule has 0 radical (unpaired) electrons. The number of aromatic amines is 1. The smallest absolute Gasteiger partial charge is 0.260 e. The van der Waals surface area contributed by atoms with Gasteiger partial charge < -0.3 is 10.7 Å². The van der Waals surface area contributed by atoms with Crippen molar-refractivity contribution in [1.82, 2.24) is 19.2 Å². The molecule has 1 saturated heterocycles. The van der Waals surface area contributed by atoms with Gasteiger partial charge in [-0.15, -0.1) is 0 Å². The van der Waals surface area contributed by atoms with Gasteiger partial charge in [-0.2, -0.15) is 4.31 Å². The van der Waals surface area contributed by atoms with Crippen LogP contribution in [0.4, 0.5) is 0 Å². The highest BCUT2D eigenvalue weighted by atomic mass is 32.2. The number of nitrogens with two attached hydrogens (primary N) is 1. The fourth-order valence-corrected chi connectivity index (χ4v) is 3.52. The highest BCUT2D eigenvalue weighted by molar-refractivity contribution is 7.89. The van der Waals surface area contributed by atoms with E-state index in [1.54, 1.807) is 0 Å². The van der Waals surface area contributed by atoms with E-state index < -0.39 is 10.0 Å². The van der Waals surface area contributed by atoms with Crippen LogP contribution in [-0.4, -0.2) is 66.9 Å². The first-order valence-corrected chi connectivity index (χ1v) is 7.98. The van der Waals surface area contributed by atoms with Gasteiger partial charge in [0, 0.05) is 45.7 Å². The number of piperazine rings is 1. The second kappa shape index (κ2) is 6.00. The lowest BCUT2D eigenvalue weighted by molar-refractivity contribution is 0.192. The molecule has 8 heteroatoms. The van der Waals surface area contributed by atoms with E-state index in [1.165, 1.54) is 10.5 Å². The predicted molar refractivity (Wildman–Crippen MR) is 72.2 cm³/mol. The number of rotatable bonds is 5. The van der Waals surface area contributed by atoms with Crippen LogP contribution in [0.2, 0.25) is 0 Å². The van der Waals surface area contributed by atoms with Gasteiger partial charge in [-0.1, -0.05) is 6.92 Å². The van der Waals surface area contributed by atoms with E-state index in [1.807, 2.05) is 6.92 Å². The fraction of sp³-hybridized carbons (Fsp3) is 0.727. The number of nitrogens with zero attached hydrogens (tertiary/aromatic N) is 3. The van der Waals surface area contributed by atoms with Crippen molar-refractivity contribution >= 4 is 10.0 Å². The molecule has 1 aliphatic rings. The molecule has 0 unspecified atom stereocenters. The van der Waals surface area contributed by atoms with Crippen molar-refractivity contribution in [3.05, 3.63) is 12.0 Å². The third-order valence-electron chi connectivity index (χ3n) is 3.33. The summed E-state index contributed by atoms with van der Waals surface area (Å²) in [6.07, 6.45) is 2.10. The molecule has 3 N–H and O–H groups in total. The topological polar surface area (TPSA) is 95.3 Å². The first kappa shape index (κ1) is 14.4. The Bertz CT molecular complexity index is 505. The van der Waals surface area contributed by atoms with Crippen molar-refractivity contribution in [3.63, 3.8) is 0 Å². The molecule has 0 saturated carbocycles. The van der Waals surface area contributed by atoms with E-state index in [-0.39, 0.29) is 5.03 Å². The first-order valence-electron chi connectivity index (χ1n) is 6.54. The molecular weight excluding hydrogens is 266 g/mol. The molecule has 1 aromatic heterocycles. The van der Waals surface area contributed by atoms with Crippen LogP contribution < -0.4 is 5.73 Å². The predicted octanol–water partition coefficient (Wildman–Crippen LogP) is -0.763. The Morgan fingerprint density at radius 3 is 2.58 bits per heavy atom. The average molecular weight is 287 g/mol. The van der Waals surface area contributed by atoms with Crippen molar-refractivity contribution < 1.29 is 8.42 Å². The van der Waals surface area contributed by atoms with Gasteiger partial charge >= 0.3 is 0 Å². The van der Waals surface area contributed by atoms with Gasteiger partial charge in [0.15, 0.2) is 5.03 Å². The molecule has 2 heterocycles. The highest BCUT2D eigenvalue weighted by Crippen LogP contribution is 2.15. The molecule has 0 aromatic carbocycles. The van der Waals surface area contributed by atoms with Crippen molar-refractivity contribution in [2.24, 2.45) is 5.73 Å². The minimum absolute atomic E-state index is 0.191. The molecule has 1 fully saturated rings. The summed E-state index contributed by atoms with van der Waals surface area (Å²) in [6.45, 7) is 5.81. The molecule has 1 aromatic rings. The Labute approximate surface area is 113 Å². The fourth-order valence-electron chi connectivity index (χ4n) is 2.17. The molecular formula is C11H21N5O2S. The van der Waals surface area contributed by atoms with Gasteiger partial charge in [-0.05, 0) is 0 Å². The lowest BCUT2D eigenvalue weighted by Crippen LogP contribution is -2.49. The van der Waals surface area contributed by atoms with Crippen LogP contribution in [0.1, 0.15) is 12.7 Å². The van der Waals surface area contributed by atoms with Crippen molar-refractivity contribution in [2.75, 3.05) is 39.3 Å². The molecule has 0 amide bonds. The third kappa shape index (κ3) is 3.14. The van der Waals surface area contributed by atoms with Crippen molar-refractivity contribution in [1.29, 1.82) is 0 Å². The summed E-state index contributed by atoms with van der Waals surface area (Å²) in [7, 11) is -3.43. The number of hydrogen-bond acceptors (Lipinski definition) is 5. The SMILES string of the molecule is CCc1ncc(S(=O)(=O)N2CCN(CCN)CC2)[nH]1. The molecule has 0 atom stereocenters. The number of H-pyrrole nitrogens is 1. The molecule has 0 aliphatic carbocycles. The van der Waals surface area contributed by atoms with Crippen molar-refractivity contribution in [2.45, 2.75) is 18.4 Å². The largest absolute Gasteiger partial charge is 0.332 e. The van der Waals surface area contributed by atoms with Gasteiger partial charge in [0.2, 0.25) is 0 Å². The zero-order chi connectivity index (χ0) is 13.9. The van der Waals surface area contributed by atoms with Gasteiger partial charge in [0.25, 0.3) is 10.0 Å². The van der Waals surface area contributed by atoms with Gasteiger partial charge in [0.1, 0.15) is 5.82 Å². The number of nitrogens with one attached hydrogen (secondary N) is 1. The monoisotopic (exact) mass is 287 g/mol. The molecule has 7 nitrogen and oxygen atoms in total. The first-order chi connectivity index (χ1) is 9.07. The summed E-state index contributed by atoms with van der Waals surface area (Å²) < 4.78 is 26.3. The summed E-state index contributed by atoms with van der Waals surface area (Å²) in [5.74, 6) is 0.695. The maximum absolute atomic E-state index is 12.4. The second-order valence-corrected chi connectivity index (χ2v) is 6.49. The molecule has 1 aliphatic heterocycles. The summed E-state index contributed by atoms with van der Waals surface area (Å²) >= 11 is 0. The lowest BCUT2D eigenvalue weighted by atomic mass is 10.3. The van der Waals surface area contributed by atoms with E-state index in [9.17, 15) is 8.42 Å². The number of aryl methyl sites for hydroxylation is 1. The number of hydrogen-bond donors (Lipinski definition) is 2. The van der Waals surface area contributed by atoms with Crippen LogP contribution in [0.5, 0.6) is 0 Å². The molecule has 0 spiro atoms. The van der Waals surface area contributed by atoms with Crippen LogP contribution in [0.3, 0.4) is 0 Å². The van der Waals surface area contributed by atoms with Gasteiger partial charge in [-0.3, -0.25) is 4.90 Å². The minimum Gasteiger partial charge on any atom is -0.332 e. The molecule has 0 bridgehead atoms. The number of sulfonamides is 1. The third-order valence-corrected chi connectivity index (χ3v) is 5.14. The van der Waals surface area contributed by atoms with Crippen LogP contribution in [-0.2, 0) is 16.4 Å². The normalized spacial score (nSPS) is 18.8. The van der Waals surface area contributed by atoms with E-state index in [2.05, 4.69) is 14.9 Å². The minimum atomic E-state index is -3.43. The second-order valence-electron chi connectivity index (χ2n) is 4.58. The van der Waals surface area contributed by atoms with Crippen molar-refractivity contribution in [3.8, 4) is 0 Å². The number of aromatic nitrogens is 2. The van der Waals surface area contributed by atoms with E-state index >= 15 is 0 Å². The maximum Gasteiger partial charge on any atom is 0.260 e. The standard InChI is InChI=1S/C11H21N5O2S/c1-2-10-13-9-11(14-10)19(17,18)16-7-5-15(4-3-12)6-8-16/h9H,2-8,12H2,1H3,(H,13,14). The lowest BCUT2D eigenvalue weighted by Gasteiger charge is -2.33. The van der Waals surface area contributed by atoms with Crippen LogP contribution in [0.25, 0.3) is 0 Å². The summed E-state index contributed by atoms with van der Waals surface area (Å²) in [5, 5.41) is 0.191. The Morgan fingerprint density at radius 2 is 2.05 bits per heavy atom. The summed E-state index contributed by atoms with van der Waals surface area (Å²) in [5.41, 5.74) is 5.50. The maximum atomic E-state index is 12.4. The quantitative estimate of drug-likeness (QED) is 0.742. The van der Waals surface area contributed by atoms with Crippen LogP contribution in [0, 0.1) is 0 Å². The molecule has 19 heavy (non-hydrogen) atoms. The van der Waals surface area contributed by atoms with Crippen LogP contribution in [0.15, 0.2) is 11.2 Å². The average Bonchev–Trinajstić information content (AvgIpc) is 2.89. The van der Waals surface area contributed by atoms with E-state index in [4.69, 9.17) is 5.73 Å². The Hall–Kier alpha value is -0.960. The highest BCUT2D eigenvalue weighted by Gasteiger charge is 2.29. The molecule has 2 rings (SSSR count). The van der Waals surface area contributed by atoms with E-state index in [0.29, 0.717) is 31.9 Å².